The van der Waals surface area contributed by atoms with Gasteiger partial charge in [-0.15, -0.1) is 0 Å². The van der Waals surface area contributed by atoms with Gasteiger partial charge >= 0.3 is 0 Å². The number of nitrogens with zero attached hydrogens (tertiary/aromatic N) is 3. The molecular formula is C18H21F2N3O. The molecule has 24 heavy (non-hydrogen) atoms. The molecule has 0 aliphatic carbocycles. The third-order valence-corrected chi connectivity index (χ3v) is 4.66. The molecule has 0 unspecified atom stereocenters. The zero-order chi connectivity index (χ0) is 17.3. The lowest BCUT2D eigenvalue weighted by Crippen LogP contribution is -2.36. The fraction of sp³-hybridized carbons (Fsp3) is 0.444. The maximum absolute atomic E-state index is 13.6. The largest absolute Gasteiger partial charge is 0.356 e. The molecule has 0 saturated carbocycles. The first-order valence-corrected chi connectivity index (χ1v) is 8.14. The number of fused-ring (bicyclic) bond motifs is 1. The number of carbonyl (C=O) groups is 1. The van der Waals surface area contributed by atoms with Crippen LogP contribution in [-0.4, -0.2) is 43.0 Å². The van der Waals surface area contributed by atoms with Crippen LogP contribution in [0.2, 0.25) is 0 Å². The molecule has 2 heterocycles. The summed E-state index contributed by atoms with van der Waals surface area (Å²) in [7, 11) is 3.54. The molecule has 6 heteroatoms. The molecule has 0 bridgehead atoms. The summed E-state index contributed by atoms with van der Waals surface area (Å²) in [4.78, 5) is 19.9. The van der Waals surface area contributed by atoms with Crippen LogP contribution in [-0.2, 0) is 4.79 Å². The maximum atomic E-state index is 13.6. The lowest BCUT2D eigenvalue weighted by atomic mass is 9.93. The lowest BCUT2D eigenvalue weighted by molar-refractivity contribution is -0.129. The van der Waals surface area contributed by atoms with Crippen LogP contribution in [0.3, 0.4) is 0 Å². The highest BCUT2D eigenvalue weighted by Crippen LogP contribution is 2.30. The Kier molecular flexibility index (Phi) is 4.64. The summed E-state index contributed by atoms with van der Waals surface area (Å²) in [6, 6.07) is 4.11. The number of pyridine rings is 1. The molecule has 1 aliphatic heterocycles. The van der Waals surface area contributed by atoms with Crippen LogP contribution in [0.4, 0.5) is 14.6 Å². The Morgan fingerprint density at radius 1 is 1.25 bits per heavy atom. The lowest BCUT2D eigenvalue weighted by Gasteiger charge is -2.33. The zero-order valence-electron chi connectivity index (χ0n) is 13.9. The normalized spacial score (nSPS) is 15.8. The minimum absolute atomic E-state index is 0.147. The van der Waals surface area contributed by atoms with E-state index in [0.717, 1.165) is 25.9 Å². The van der Waals surface area contributed by atoms with Crippen molar-refractivity contribution in [2.75, 3.05) is 32.1 Å². The molecule has 1 fully saturated rings. The van der Waals surface area contributed by atoms with Gasteiger partial charge in [-0.05, 0) is 42.3 Å². The molecule has 1 saturated heterocycles. The van der Waals surface area contributed by atoms with Crippen molar-refractivity contribution < 1.29 is 13.6 Å². The topological polar surface area (TPSA) is 36.4 Å². The Morgan fingerprint density at radius 3 is 2.58 bits per heavy atom. The van der Waals surface area contributed by atoms with Gasteiger partial charge in [0.1, 0.15) is 5.82 Å². The van der Waals surface area contributed by atoms with E-state index in [-0.39, 0.29) is 5.91 Å². The molecule has 128 valence electrons. The van der Waals surface area contributed by atoms with Crippen LogP contribution >= 0.6 is 0 Å². The molecule has 4 nitrogen and oxygen atoms in total. The Balaban J connectivity index is 1.76. The Bertz CT molecular complexity index is 755. The van der Waals surface area contributed by atoms with Gasteiger partial charge in [-0.25, -0.2) is 13.8 Å². The third-order valence-electron chi connectivity index (χ3n) is 4.66. The number of carbonyl (C=O) groups excluding carboxylic acids is 1. The number of rotatable bonds is 3. The van der Waals surface area contributed by atoms with Gasteiger partial charge in [-0.2, -0.15) is 0 Å². The summed E-state index contributed by atoms with van der Waals surface area (Å²) in [6.45, 7) is 1.52. The summed E-state index contributed by atoms with van der Waals surface area (Å²) in [5.41, 5.74) is 0. The predicted molar refractivity (Wildman–Crippen MR) is 89.9 cm³/mol. The maximum Gasteiger partial charge on any atom is 0.222 e. The van der Waals surface area contributed by atoms with Gasteiger partial charge < -0.3 is 9.80 Å². The van der Waals surface area contributed by atoms with Crippen LogP contribution in [0.1, 0.15) is 19.3 Å². The van der Waals surface area contributed by atoms with E-state index in [1.165, 1.54) is 12.1 Å². The fourth-order valence-corrected chi connectivity index (χ4v) is 3.18. The van der Waals surface area contributed by atoms with Gasteiger partial charge in [0, 0.05) is 45.2 Å². The van der Waals surface area contributed by atoms with Gasteiger partial charge in [0.05, 0.1) is 0 Å². The van der Waals surface area contributed by atoms with E-state index >= 15 is 0 Å². The molecule has 0 N–H and O–H groups in total. The van der Waals surface area contributed by atoms with Crippen molar-refractivity contribution in [2.24, 2.45) is 5.92 Å². The number of anilines is 1. The van der Waals surface area contributed by atoms with Crippen LogP contribution in [0.15, 0.2) is 24.4 Å². The predicted octanol–water partition coefficient (Wildman–Crippen LogP) is 3.21. The van der Waals surface area contributed by atoms with Gasteiger partial charge in [0.2, 0.25) is 5.91 Å². The number of piperidine rings is 1. The van der Waals surface area contributed by atoms with E-state index in [2.05, 4.69) is 9.88 Å². The first-order valence-electron chi connectivity index (χ1n) is 8.14. The summed E-state index contributed by atoms with van der Waals surface area (Å²) >= 11 is 0. The van der Waals surface area contributed by atoms with Crippen molar-refractivity contribution in [3.63, 3.8) is 0 Å². The Labute approximate surface area is 140 Å². The first kappa shape index (κ1) is 16.6. The van der Waals surface area contributed by atoms with E-state index in [9.17, 15) is 13.6 Å². The molecule has 0 radical (unpaired) electrons. The first-order chi connectivity index (χ1) is 11.5. The molecule has 1 aliphatic rings. The molecule has 0 spiro atoms. The summed E-state index contributed by atoms with van der Waals surface area (Å²) < 4.78 is 27.0. The fourth-order valence-electron chi connectivity index (χ4n) is 3.18. The zero-order valence-corrected chi connectivity index (χ0v) is 13.9. The van der Waals surface area contributed by atoms with Gasteiger partial charge in [0.15, 0.2) is 11.6 Å². The Morgan fingerprint density at radius 2 is 1.92 bits per heavy atom. The van der Waals surface area contributed by atoms with Crippen LogP contribution in [0.25, 0.3) is 10.8 Å². The van der Waals surface area contributed by atoms with E-state index in [4.69, 9.17) is 0 Å². The van der Waals surface area contributed by atoms with E-state index in [1.54, 1.807) is 31.3 Å². The minimum atomic E-state index is -0.858. The molecule has 2 aromatic rings. The number of aromatic nitrogens is 1. The number of amides is 1. The molecule has 0 atom stereocenters. The molecular weight excluding hydrogens is 312 g/mol. The molecule has 1 amide bonds. The van der Waals surface area contributed by atoms with Crippen molar-refractivity contribution in [3.05, 3.63) is 36.0 Å². The van der Waals surface area contributed by atoms with E-state index in [1.807, 2.05) is 0 Å². The SMILES string of the molecule is CN(C)C(=O)CC1CCN(c2nccc3cc(F)c(F)cc23)CC1. The standard InChI is InChI=1S/C18H21F2N3O/c1-22(2)17(24)9-12-4-7-23(8-5-12)18-14-11-16(20)15(19)10-13(14)3-6-21-18/h3,6,10-12H,4-5,7-9H2,1-2H3. The van der Waals surface area contributed by atoms with Gasteiger partial charge in [-0.1, -0.05) is 0 Å². The van der Waals surface area contributed by atoms with Crippen molar-refractivity contribution in [3.8, 4) is 0 Å². The highest BCUT2D eigenvalue weighted by atomic mass is 19.2. The van der Waals surface area contributed by atoms with Gasteiger partial charge in [-0.3, -0.25) is 4.79 Å². The number of hydrogen-bond acceptors (Lipinski definition) is 3. The monoisotopic (exact) mass is 333 g/mol. The van der Waals surface area contributed by atoms with Crippen LogP contribution in [0.5, 0.6) is 0 Å². The molecule has 1 aromatic carbocycles. The smallest absolute Gasteiger partial charge is 0.222 e. The average Bonchev–Trinajstić information content (AvgIpc) is 2.56. The van der Waals surface area contributed by atoms with Crippen LogP contribution < -0.4 is 4.90 Å². The second-order valence-corrected chi connectivity index (χ2v) is 6.54. The number of benzene rings is 1. The van der Waals surface area contributed by atoms with Gasteiger partial charge in [0.25, 0.3) is 0 Å². The second-order valence-electron chi connectivity index (χ2n) is 6.54. The third kappa shape index (κ3) is 3.32. The minimum Gasteiger partial charge on any atom is -0.356 e. The summed E-state index contributed by atoms with van der Waals surface area (Å²) in [6.07, 6.45) is 3.96. The highest BCUT2D eigenvalue weighted by Gasteiger charge is 2.24. The quantitative estimate of drug-likeness (QED) is 0.865. The summed E-state index contributed by atoms with van der Waals surface area (Å²) in [5, 5.41) is 1.27. The van der Waals surface area contributed by atoms with Crippen molar-refractivity contribution in [1.82, 2.24) is 9.88 Å². The van der Waals surface area contributed by atoms with E-state index in [0.29, 0.717) is 28.9 Å². The molecule has 3 rings (SSSR count). The molecule has 1 aromatic heterocycles. The van der Waals surface area contributed by atoms with Crippen molar-refractivity contribution in [1.29, 1.82) is 0 Å². The highest BCUT2D eigenvalue weighted by molar-refractivity contribution is 5.92. The average molecular weight is 333 g/mol. The van der Waals surface area contributed by atoms with Crippen molar-refractivity contribution in [2.45, 2.75) is 19.3 Å². The second kappa shape index (κ2) is 6.71. The van der Waals surface area contributed by atoms with Crippen LogP contribution in [0, 0.1) is 17.6 Å². The number of hydrogen-bond donors (Lipinski definition) is 0. The number of halogens is 2. The van der Waals surface area contributed by atoms with Crippen molar-refractivity contribution >= 4 is 22.5 Å². The summed E-state index contributed by atoms with van der Waals surface area (Å²) in [5.74, 6) is -0.512. The van der Waals surface area contributed by atoms with E-state index < -0.39 is 11.6 Å². The Hall–Kier alpha value is -2.24.